The van der Waals surface area contributed by atoms with Gasteiger partial charge in [0, 0.05) is 39.3 Å². The number of unbranched alkanes of at least 4 members (excludes halogenated alkanes) is 8. The van der Waals surface area contributed by atoms with Gasteiger partial charge in [0.1, 0.15) is 0 Å². The summed E-state index contributed by atoms with van der Waals surface area (Å²) in [5, 5.41) is 0. The van der Waals surface area contributed by atoms with E-state index >= 15 is 0 Å². The molecule has 0 bridgehead atoms. The topological polar surface area (TPSA) is 6.48 Å². The molecule has 1 aliphatic heterocycles. The van der Waals surface area contributed by atoms with Gasteiger partial charge in [-0.1, -0.05) is 52.4 Å². The van der Waals surface area contributed by atoms with Crippen LogP contribution in [-0.2, 0) is 0 Å². The molecule has 0 radical (unpaired) electrons. The summed E-state index contributed by atoms with van der Waals surface area (Å²) in [6, 6.07) is 0. The van der Waals surface area contributed by atoms with Gasteiger partial charge in [0.05, 0.1) is 52.4 Å². The van der Waals surface area contributed by atoms with Gasteiger partial charge in [-0.15, -0.1) is 0 Å². The van der Waals surface area contributed by atoms with Crippen LogP contribution in [-0.4, -0.2) is 110 Å². The average Bonchev–Trinajstić information content (AvgIpc) is 2.88. The average molecular weight is 483 g/mol. The van der Waals surface area contributed by atoms with Crippen molar-refractivity contribution < 1.29 is 8.97 Å². The summed E-state index contributed by atoms with van der Waals surface area (Å²) in [6.07, 6.45) is 14.1. The first-order valence-corrected chi connectivity index (χ1v) is 15.7. The highest BCUT2D eigenvalue weighted by atomic mass is 15.4. The molecule has 204 valence electrons. The number of rotatable bonds is 22. The van der Waals surface area contributed by atoms with Crippen LogP contribution in [0, 0.1) is 0 Å². The van der Waals surface area contributed by atoms with Crippen molar-refractivity contribution in [3.05, 3.63) is 0 Å². The lowest BCUT2D eigenvalue weighted by molar-refractivity contribution is -0.924. The van der Waals surface area contributed by atoms with E-state index < -0.39 is 0 Å². The molecule has 0 amide bonds. The molecule has 1 rings (SSSR count). The summed E-state index contributed by atoms with van der Waals surface area (Å²) in [4.78, 5) is 5.53. The van der Waals surface area contributed by atoms with E-state index in [-0.39, 0.29) is 0 Å². The molecule has 1 aliphatic rings. The third-order valence-corrected chi connectivity index (χ3v) is 9.40. The smallest absolute Gasteiger partial charge is 0.0915 e. The molecule has 1 fully saturated rings. The standard InChI is InChI=1S/C30H66N4/c1-7-13-15-17-19-27-33(9-3,10-4)29-25-31-21-23-32(24-22-31)26-30-34(11-5,12-6)28-20-18-16-14-8-2/h7-30H2,1-6H3/q+2. The van der Waals surface area contributed by atoms with Gasteiger partial charge in [-0.05, 0) is 53.4 Å². The van der Waals surface area contributed by atoms with Crippen molar-refractivity contribution in [1.29, 1.82) is 0 Å². The summed E-state index contributed by atoms with van der Waals surface area (Å²) < 4.78 is 2.66. The maximum absolute atomic E-state index is 2.77. The van der Waals surface area contributed by atoms with Gasteiger partial charge in [0.15, 0.2) is 0 Å². The van der Waals surface area contributed by atoms with Crippen molar-refractivity contribution in [3.8, 4) is 0 Å². The summed E-state index contributed by atoms with van der Waals surface area (Å²) in [5.74, 6) is 0. The molecule has 4 heteroatoms. The SMILES string of the molecule is CCCCCCC[N+](CC)(CC)CCN1CCN(CC[N+](CC)(CC)CCCCCCC)CC1. The van der Waals surface area contributed by atoms with Gasteiger partial charge in [-0.25, -0.2) is 0 Å². The molecule has 0 saturated carbocycles. The van der Waals surface area contributed by atoms with Crippen LogP contribution in [0.15, 0.2) is 0 Å². The number of quaternary nitrogens is 2. The lowest BCUT2D eigenvalue weighted by Crippen LogP contribution is -2.56. The second-order valence-corrected chi connectivity index (χ2v) is 11.4. The second-order valence-electron chi connectivity index (χ2n) is 11.4. The molecule has 0 atom stereocenters. The van der Waals surface area contributed by atoms with Gasteiger partial charge in [0.25, 0.3) is 0 Å². The van der Waals surface area contributed by atoms with Crippen LogP contribution in [0.3, 0.4) is 0 Å². The molecule has 0 N–H and O–H groups in total. The molecule has 4 nitrogen and oxygen atoms in total. The zero-order valence-corrected chi connectivity index (χ0v) is 24.8. The lowest BCUT2D eigenvalue weighted by atomic mass is 10.1. The molecule has 34 heavy (non-hydrogen) atoms. The number of hydrogen-bond acceptors (Lipinski definition) is 2. The maximum atomic E-state index is 2.77. The maximum Gasteiger partial charge on any atom is 0.0915 e. The Morgan fingerprint density at radius 1 is 0.412 bits per heavy atom. The lowest BCUT2D eigenvalue weighted by Gasteiger charge is -2.42. The van der Waals surface area contributed by atoms with Crippen molar-refractivity contribution in [3.63, 3.8) is 0 Å². The predicted molar refractivity (Wildman–Crippen MR) is 153 cm³/mol. The monoisotopic (exact) mass is 483 g/mol. The first-order chi connectivity index (χ1) is 16.5. The van der Waals surface area contributed by atoms with Gasteiger partial charge in [-0.2, -0.15) is 0 Å². The Hall–Kier alpha value is -0.160. The Kier molecular flexibility index (Phi) is 17.8. The van der Waals surface area contributed by atoms with Gasteiger partial charge < -0.3 is 8.97 Å². The van der Waals surface area contributed by atoms with Crippen molar-refractivity contribution >= 4 is 0 Å². The Morgan fingerprint density at radius 2 is 0.735 bits per heavy atom. The second kappa shape index (κ2) is 19.0. The summed E-state index contributed by atoms with van der Waals surface area (Å²) in [7, 11) is 0. The molecule has 0 spiro atoms. The van der Waals surface area contributed by atoms with E-state index in [1.54, 1.807) is 0 Å². The fourth-order valence-corrected chi connectivity index (χ4v) is 5.98. The highest BCUT2D eigenvalue weighted by Gasteiger charge is 2.27. The minimum Gasteiger partial charge on any atom is -0.323 e. The number of piperazine rings is 1. The third-order valence-electron chi connectivity index (χ3n) is 9.40. The molecule has 1 heterocycles. The Bertz CT molecular complexity index is 409. The van der Waals surface area contributed by atoms with E-state index in [1.165, 1.54) is 165 Å². The third kappa shape index (κ3) is 12.2. The fourth-order valence-electron chi connectivity index (χ4n) is 5.98. The van der Waals surface area contributed by atoms with E-state index in [9.17, 15) is 0 Å². The number of hydrogen-bond donors (Lipinski definition) is 0. The molecule has 0 unspecified atom stereocenters. The first kappa shape index (κ1) is 31.9. The molecule has 0 aromatic heterocycles. The zero-order valence-electron chi connectivity index (χ0n) is 24.8. The normalized spacial score (nSPS) is 16.4. The summed E-state index contributed by atoms with van der Waals surface area (Å²) >= 11 is 0. The van der Waals surface area contributed by atoms with E-state index in [4.69, 9.17) is 0 Å². The Balaban J connectivity index is 2.36. The molecule has 1 saturated heterocycles. The molecular formula is C30H66N4+2. The van der Waals surface area contributed by atoms with Crippen molar-refractivity contribution in [2.45, 2.75) is 106 Å². The first-order valence-electron chi connectivity index (χ1n) is 15.7. The van der Waals surface area contributed by atoms with Crippen molar-refractivity contribution in [2.24, 2.45) is 0 Å². The fraction of sp³-hybridized carbons (Fsp3) is 1.00. The highest BCUT2D eigenvalue weighted by Crippen LogP contribution is 2.15. The van der Waals surface area contributed by atoms with E-state index in [0.29, 0.717) is 0 Å². The van der Waals surface area contributed by atoms with E-state index in [1.807, 2.05) is 0 Å². The van der Waals surface area contributed by atoms with Crippen LogP contribution >= 0.6 is 0 Å². The van der Waals surface area contributed by atoms with Gasteiger partial charge in [-0.3, -0.25) is 9.80 Å². The largest absolute Gasteiger partial charge is 0.323 e. The zero-order chi connectivity index (χ0) is 25.1. The predicted octanol–water partition coefficient (Wildman–Crippen LogP) is 6.26. The Labute approximate surface area is 216 Å². The van der Waals surface area contributed by atoms with Crippen LogP contribution in [0.4, 0.5) is 0 Å². The minimum absolute atomic E-state index is 1.28. The Morgan fingerprint density at radius 3 is 1.03 bits per heavy atom. The quantitative estimate of drug-likeness (QED) is 0.133. The molecular weight excluding hydrogens is 416 g/mol. The van der Waals surface area contributed by atoms with Gasteiger partial charge >= 0.3 is 0 Å². The van der Waals surface area contributed by atoms with E-state index in [2.05, 4.69) is 51.3 Å². The van der Waals surface area contributed by atoms with Crippen molar-refractivity contribution in [2.75, 3.05) is 91.6 Å². The molecule has 0 aromatic carbocycles. The summed E-state index contributed by atoms with van der Waals surface area (Å²) in [6.45, 7) is 32.7. The van der Waals surface area contributed by atoms with Crippen LogP contribution in [0.5, 0.6) is 0 Å². The molecule has 0 aliphatic carbocycles. The van der Waals surface area contributed by atoms with E-state index in [0.717, 1.165) is 0 Å². The number of likely N-dealkylation sites (N-methyl/N-ethyl adjacent to an activating group) is 2. The van der Waals surface area contributed by atoms with Crippen LogP contribution in [0.2, 0.25) is 0 Å². The van der Waals surface area contributed by atoms with Crippen LogP contribution in [0.25, 0.3) is 0 Å². The van der Waals surface area contributed by atoms with Crippen LogP contribution in [0.1, 0.15) is 106 Å². The van der Waals surface area contributed by atoms with Crippen molar-refractivity contribution in [1.82, 2.24) is 9.80 Å². The minimum atomic E-state index is 1.28. The highest BCUT2D eigenvalue weighted by molar-refractivity contribution is 4.72. The summed E-state index contributed by atoms with van der Waals surface area (Å²) in [5.41, 5.74) is 0. The number of nitrogens with zero attached hydrogens (tertiary/aromatic N) is 4. The van der Waals surface area contributed by atoms with Gasteiger partial charge in [0.2, 0.25) is 0 Å². The molecule has 0 aromatic rings. The van der Waals surface area contributed by atoms with Crippen LogP contribution < -0.4 is 0 Å².